The predicted molar refractivity (Wildman–Crippen MR) is 89.5 cm³/mol. The lowest BCUT2D eigenvalue weighted by molar-refractivity contribution is -0.0166. The highest BCUT2D eigenvalue weighted by Gasteiger charge is 2.44. The lowest BCUT2D eigenvalue weighted by Gasteiger charge is -2.47. The number of rotatable bonds is 1. The molecule has 1 atom stereocenters. The third kappa shape index (κ3) is 2.44. The van der Waals surface area contributed by atoms with Crippen LogP contribution in [-0.2, 0) is 0 Å². The molecule has 0 bridgehead atoms. The molecular formula is C19H28N2O. The van der Waals surface area contributed by atoms with Crippen molar-refractivity contribution in [2.24, 2.45) is 0 Å². The standard InChI is InChI=1S/C19H28N2O/c1-14-11-15(2)18-16(12-14)17(21-9-3-4-10-21)13-19(22-18)5-7-20-8-6-19/h11-12,17,20H,3-10,13H2,1-2H3. The zero-order valence-corrected chi connectivity index (χ0v) is 14.0. The number of likely N-dealkylation sites (tertiary alicyclic amines) is 1. The molecule has 2 saturated heterocycles. The van der Waals surface area contributed by atoms with Crippen LogP contribution in [0.5, 0.6) is 5.75 Å². The molecule has 3 heterocycles. The Bertz CT molecular complexity index is 557. The van der Waals surface area contributed by atoms with Crippen LogP contribution in [0.1, 0.15) is 54.8 Å². The minimum atomic E-state index is 0.0610. The van der Waals surface area contributed by atoms with E-state index in [1.54, 1.807) is 0 Å². The van der Waals surface area contributed by atoms with E-state index in [1.807, 2.05) is 0 Å². The number of piperidine rings is 1. The normalized spacial score (nSPS) is 27.6. The van der Waals surface area contributed by atoms with Gasteiger partial charge in [0.1, 0.15) is 11.4 Å². The average Bonchev–Trinajstić information content (AvgIpc) is 3.03. The van der Waals surface area contributed by atoms with Crippen LogP contribution < -0.4 is 10.1 Å². The number of aryl methyl sites for hydroxylation is 2. The summed E-state index contributed by atoms with van der Waals surface area (Å²) < 4.78 is 6.67. The van der Waals surface area contributed by atoms with Crippen LogP contribution in [0.3, 0.4) is 0 Å². The molecule has 0 aromatic heterocycles. The van der Waals surface area contributed by atoms with Crippen LogP contribution in [0.4, 0.5) is 0 Å². The summed E-state index contributed by atoms with van der Waals surface area (Å²) in [5.74, 6) is 1.19. The quantitative estimate of drug-likeness (QED) is 0.861. The van der Waals surface area contributed by atoms with Crippen molar-refractivity contribution in [3.63, 3.8) is 0 Å². The third-order valence-electron chi connectivity index (χ3n) is 5.79. The molecule has 1 aromatic rings. The lowest BCUT2D eigenvalue weighted by Crippen LogP contribution is -2.51. The first-order valence-corrected chi connectivity index (χ1v) is 8.92. The number of hydrogen-bond donors (Lipinski definition) is 1. The smallest absolute Gasteiger partial charge is 0.127 e. The van der Waals surface area contributed by atoms with Crippen molar-refractivity contribution in [2.75, 3.05) is 26.2 Å². The topological polar surface area (TPSA) is 24.5 Å². The van der Waals surface area contributed by atoms with E-state index in [0.717, 1.165) is 25.9 Å². The van der Waals surface area contributed by atoms with Crippen LogP contribution in [0.15, 0.2) is 12.1 Å². The molecule has 3 aliphatic rings. The number of nitrogens with one attached hydrogen (secondary N) is 1. The molecule has 3 heteroatoms. The highest BCUT2D eigenvalue weighted by atomic mass is 16.5. The maximum Gasteiger partial charge on any atom is 0.127 e. The van der Waals surface area contributed by atoms with Gasteiger partial charge in [-0.15, -0.1) is 0 Å². The van der Waals surface area contributed by atoms with Gasteiger partial charge in [0.05, 0.1) is 0 Å². The van der Waals surface area contributed by atoms with Crippen LogP contribution in [0, 0.1) is 13.8 Å². The number of fused-ring (bicyclic) bond motifs is 1. The maximum absolute atomic E-state index is 6.67. The van der Waals surface area contributed by atoms with Crippen molar-refractivity contribution in [3.05, 3.63) is 28.8 Å². The molecule has 0 amide bonds. The van der Waals surface area contributed by atoms with Crippen molar-refractivity contribution < 1.29 is 4.74 Å². The first-order chi connectivity index (χ1) is 10.7. The van der Waals surface area contributed by atoms with Gasteiger partial charge >= 0.3 is 0 Å². The summed E-state index contributed by atoms with van der Waals surface area (Å²) in [6, 6.07) is 5.21. The minimum absolute atomic E-state index is 0.0610. The summed E-state index contributed by atoms with van der Waals surface area (Å²) >= 11 is 0. The number of hydrogen-bond acceptors (Lipinski definition) is 3. The molecule has 1 aromatic carbocycles. The zero-order chi connectivity index (χ0) is 15.2. The molecule has 0 saturated carbocycles. The second-order valence-corrected chi connectivity index (χ2v) is 7.50. The van der Waals surface area contributed by atoms with E-state index in [1.165, 1.54) is 54.8 Å². The second kappa shape index (κ2) is 5.54. The summed E-state index contributed by atoms with van der Waals surface area (Å²) in [4.78, 5) is 2.71. The third-order valence-corrected chi connectivity index (χ3v) is 5.79. The molecule has 22 heavy (non-hydrogen) atoms. The van der Waals surface area contributed by atoms with Gasteiger partial charge in [-0.3, -0.25) is 4.90 Å². The molecule has 120 valence electrons. The molecule has 0 radical (unpaired) electrons. The fourth-order valence-corrected chi connectivity index (χ4v) is 4.66. The summed E-state index contributed by atoms with van der Waals surface area (Å²) in [7, 11) is 0. The largest absolute Gasteiger partial charge is 0.486 e. The summed E-state index contributed by atoms with van der Waals surface area (Å²) in [5.41, 5.74) is 4.19. The molecule has 2 fully saturated rings. The molecule has 1 N–H and O–H groups in total. The van der Waals surface area contributed by atoms with Gasteiger partial charge in [-0.1, -0.05) is 17.7 Å². The molecule has 0 aliphatic carbocycles. The highest BCUT2D eigenvalue weighted by molar-refractivity contribution is 5.47. The van der Waals surface area contributed by atoms with E-state index < -0.39 is 0 Å². The Hall–Kier alpha value is -1.06. The number of nitrogens with zero attached hydrogens (tertiary/aromatic N) is 1. The minimum Gasteiger partial charge on any atom is -0.486 e. The Kier molecular flexibility index (Phi) is 3.66. The second-order valence-electron chi connectivity index (χ2n) is 7.50. The lowest BCUT2D eigenvalue weighted by atomic mass is 9.79. The molecular weight excluding hydrogens is 272 g/mol. The predicted octanol–water partition coefficient (Wildman–Crippen LogP) is 3.35. The highest BCUT2D eigenvalue weighted by Crippen LogP contribution is 2.48. The summed E-state index contributed by atoms with van der Waals surface area (Å²) in [6.45, 7) is 9.12. The SMILES string of the molecule is Cc1cc(C)c2c(c1)C(N1CCCC1)CC1(CCNCC1)O2. The Labute approximate surface area is 134 Å². The average molecular weight is 300 g/mol. The molecule has 1 unspecified atom stereocenters. The Balaban J connectivity index is 1.76. The number of ether oxygens (including phenoxy) is 1. The van der Waals surface area contributed by atoms with E-state index in [0.29, 0.717) is 6.04 Å². The zero-order valence-electron chi connectivity index (χ0n) is 14.0. The Morgan fingerprint density at radius 3 is 2.59 bits per heavy atom. The summed E-state index contributed by atoms with van der Waals surface area (Å²) in [6.07, 6.45) is 6.16. The molecule has 3 aliphatic heterocycles. The van der Waals surface area contributed by atoms with E-state index in [4.69, 9.17) is 4.74 Å². The van der Waals surface area contributed by atoms with E-state index in [2.05, 4.69) is 36.2 Å². The van der Waals surface area contributed by atoms with Gasteiger partial charge in [0.25, 0.3) is 0 Å². The Morgan fingerprint density at radius 2 is 1.86 bits per heavy atom. The van der Waals surface area contributed by atoms with Gasteiger partial charge in [-0.25, -0.2) is 0 Å². The first-order valence-electron chi connectivity index (χ1n) is 8.92. The summed E-state index contributed by atoms with van der Waals surface area (Å²) in [5, 5.41) is 3.49. The van der Waals surface area contributed by atoms with Gasteiger partial charge in [-0.2, -0.15) is 0 Å². The van der Waals surface area contributed by atoms with Crippen LogP contribution in [0.2, 0.25) is 0 Å². The first kappa shape index (κ1) is 14.5. The maximum atomic E-state index is 6.67. The van der Waals surface area contributed by atoms with E-state index in [-0.39, 0.29) is 5.60 Å². The van der Waals surface area contributed by atoms with E-state index >= 15 is 0 Å². The monoisotopic (exact) mass is 300 g/mol. The van der Waals surface area contributed by atoms with Gasteiger partial charge in [0.15, 0.2) is 0 Å². The van der Waals surface area contributed by atoms with Crippen molar-refractivity contribution >= 4 is 0 Å². The van der Waals surface area contributed by atoms with Crippen LogP contribution in [0.25, 0.3) is 0 Å². The van der Waals surface area contributed by atoms with Crippen LogP contribution in [-0.4, -0.2) is 36.7 Å². The molecule has 1 spiro atoms. The van der Waals surface area contributed by atoms with Gasteiger partial charge in [0, 0.05) is 18.0 Å². The fourth-order valence-electron chi connectivity index (χ4n) is 4.66. The van der Waals surface area contributed by atoms with Gasteiger partial charge in [-0.05, 0) is 71.3 Å². The van der Waals surface area contributed by atoms with Gasteiger partial charge < -0.3 is 10.1 Å². The van der Waals surface area contributed by atoms with Crippen molar-refractivity contribution in [1.82, 2.24) is 10.2 Å². The van der Waals surface area contributed by atoms with Crippen molar-refractivity contribution in [1.29, 1.82) is 0 Å². The van der Waals surface area contributed by atoms with E-state index in [9.17, 15) is 0 Å². The van der Waals surface area contributed by atoms with Gasteiger partial charge in [0.2, 0.25) is 0 Å². The van der Waals surface area contributed by atoms with Crippen LogP contribution >= 0.6 is 0 Å². The van der Waals surface area contributed by atoms with Crippen molar-refractivity contribution in [3.8, 4) is 5.75 Å². The molecule has 4 rings (SSSR count). The molecule has 3 nitrogen and oxygen atoms in total. The number of benzene rings is 1. The van der Waals surface area contributed by atoms with Crippen molar-refractivity contribution in [2.45, 2.75) is 57.6 Å². The fraction of sp³-hybridized carbons (Fsp3) is 0.684. The Morgan fingerprint density at radius 1 is 1.14 bits per heavy atom.